The van der Waals surface area contributed by atoms with Crippen LogP contribution in [0.1, 0.15) is 54.0 Å². The van der Waals surface area contributed by atoms with Crippen molar-refractivity contribution in [2.24, 2.45) is 0 Å². The third-order valence-electron chi connectivity index (χ3n) is 3.78. The summed E-state index contributed by atoms with van der Waals surface area (Å²) in [4.78, 5) is 12.2. The van der Waals surface area contributed by atoms with E-state index in [9.17, 15) is 9.90 Å². The van der Waals surface area contributed by atoms with Crippen LogP contribution in [0.3, 0.4) is 0 Å². The molecular formula is C14H21NO3. The second-order valence-electron chi connectivity index (χ2n) is 5.28. The monoisotopic (exact) mass is 251 g/mol. The lowest BCUT2D eigenvalue weighted by atomic mass is 9.82. The number of amides is 1. The van der Waals surface area contributed by atoms with Crippen molar-refractivity contribution >= 4 is 5.91 Å². The van der Waals surface area contributed by atoms with E-state index in [0.29, 0.717) is 11.3 Å². The molecule has 0 saturated heterocycles. The Labute approximate surface area is 107 Å². The largest absolute Gasteiger partial charge is 0.466 e. The summed E-state index contributed by atoms with van der Waals surface area (Å²) in [5.74, 6) is 1.23. The minimum absolute atomic E-state index is 0.00855. The average Bonchev–Trinajstić information content (AvgIpc) is 2.70. The molecule has 2 N–H and O–H groups in total. The number of aliphatic hydroxyl groups excluding tert-OH is 1. The van der Waals surface area contributed by atoms with E-state index in [1.807, 2.05) is 6.92 Å². The lowest BCUT2D eigenvalue weighted by Gasteiger charge is -2.36. The van der Waals surface area contributed by atoms with Gasteiger partial charge in [-0.05, 0) is 32.8 Å². The van der Waals surface area contributed by atoms with Crippen molar-refractivity contribution < 1.29 is 14.3 Å². The smallest absolute Gasteiger partial charge is 0.255 e. The molecule has 1 aliphatic rings. The summed E-state index contributed by atoms with van der Waals surface area (Å²) < 4.78 is 5.37. The second kappa shape index (κ2) is 5.14. The Morgan fingerprint density at radius 3 is 2.56 bits per heavy atom. The maximum Gasteiger partial charge on any atom is 0.255 e. The van der Waals surface area contributed by atoms with E-state index in [-0.39, 0.29) is 12.5 Å². The fourth-order valence-corrected chi connectivity index (χ4v) is 2.72. The number of carbonyl (C=O) groups excluding carboxylic acids is 1. The van der Waals surface area contributed by atoms with Gasteiger partial charge in [0.25, 0.3) is 5.91 Å². The SMILES string of the molecule is Cc1cc(C(=O)NC2(CO)CCCCC2)c(C)o1. The normalized spacial score (nSPS) is 18.6. The van der Waals surface area contributed by atoms with Gasteiger partial charge in [-0.3, -0.25) is 4.79 Å². The molecule has 1 aromatic heterocycles. The quantitative estimate of drug-likeness (QED) is 0.866. The Morgan fingerprint density at radius 1 is 1.39 bits per heavy atom. The molecule has 1 aliphatic carbocycles. The van der Waals surface area contributed by atoms with E-state index >= 15 is 0 Å². The van der Waals surface area contributed by atoms with Crippen molar-refractivity contribution in [1.29, 1.82) is 0 Å². The predicted molar refractivity (Wildman–Crippen MR) is 68.6 cm³/mol. The van der Waals surface area contributed by atoms with Gasteiger partial charge in [0.2, 0.25) is 0 Å². The molecule has 0 unspecified atom stereocenters. The van der Waals surface area contributed by atoms with Crippen LogP contribution in [0.2, 0.25) is 0 Å². The third kappa shape index (κ3) is 2.58. The standard InChI is InChI=1S/C14H21NO3/c1-10-8-12(11(2)18-10)13(17)15-14(9-16)6-4-3-5-7-14/h8,16H,3-7,9H2,1-2H3,(H,15,17). The number of hydrogen-bond donors (Lipinski definition) is 2. The number of aliphatic hydroxyl groups is 1. The molecule has 18 heavy (non-hydrogen) atoms. The van der Waals surface area contributed by atoms with E-state index in [1.165, 1.54) is 6.42 Å². The summed E-state index contributed by atoms with van der Waals surface area (Å²) in [6.45, 7) is 3.62. The lowest BCUT2D eigenvalue weighted by molar-refractivity contribution is 0.0757. The zero-order valence-electron chi connectivity index (χ0n) is 11.1. The first-order chi connectivity index (χ1) is 8.56. The summed E-state index contributed by atoms with van der Waals surface area (Å²) in [6, 6.07) is 1.75. The highest BCUT2D eigenvalue weighted by Crippen LogP contribution is 2.28. The highest BCUT2D eigenvalue weighted by atomic mass is 16.3. The summed E-state index contributed by atoms with van der Waals surface area (Å²) >= 11 is 0. The lowest BCUT2D eigenvalue weighted by Crippen LogP contribution is -2.52. The van der Waals surface area contributed by atoms with Crippen molar-refractivity contribution in [3.8, 4) is 0 Å². The molecule has 0 atom stereocenters. The highest BCUT2D eigenvalue weighted by molar-refractivity contribution is 5.95. The van der Waals surface area contributed by atoms with Gasteiger partial charge in [0, 0.05) is 0 Å². The van der Waals surface area contributed by atoms with Crippen molar-refractivity contribution in [2.45, 2.75) is 51.5 Å². The minimum atomic E-state index is -0.438. The number of rotatable bonds is 3. The van der Waals surface area contributed by atoms with Crippen molar-refractivity contribution in [2.75, 3.05) is 6.61 Å². The zero-order chi connectivity index (χ0) is 13.2. The van der Waals surface area contributed by atoms with Gasteiger partial charge in [-0.1, -0.05) is 19.3 Å². The Morgan fingerprint density at radius 2 is 2.06 bits per heavy atom. The molecule has 0 aliphatic heterocycles. The first-order valence-electron chi connectivity index (χ1n) is 6.57. The van der Waals surface area contributed by atoms with Gasteiger partial charge in [0.05, 0.1) is 17.7 Å². The first-order valence-corrected chi connectivity index (χ1v) is 6.57. The topological polar surface area (TPSA) is 62.5 Å². The molecule has 1 saturated carbocycles. The van der Waals surface area contributed by atoms with E-state index in [2.05, 4.69) is 5.32 Å². The molecular weight excluding hydrogens is 230 g/mol. The molecule has 1 aromatic rings. The Balaban J connectivity index is 2.12. The van der Waals surface area contributed by atoms with Crippen LogP contribution in [-0.4, -0.2) is 23.2 Å². The fourth-order valence-electron chi connectivity index (χ4n) is 2.72. The van der Waals surface area contributed by atoms with Gasteiger partial charge in [-0.25, -0.2) is 0 Å². The van der Waals surface area contributed by atoms with Crippen molar-refractivity contribution in [3.05, 3.63) is 23.2 Å². The maximum atomic E-state index is 12.2. The van der Waals surface area contributed by atoms with E-state index in [4.69, 9.17) is 4.42 Å². The fraction of sp³-hybridized carbons (Fsp3) is 0.643. The van der Waals surface area contributed by atoms with Crippen LogP contribution in [0, 0.1) is 13.8 Å². The Hall–Kier alpha value is -1.29. The molecule has 1 amide bonds. The van der Waals surface area contributed by atoms with Crippen LogP contribution in [0.5, 0.6) is 0 Å². The van der Waals surface area contributed by atoms with Gasteiger partial charge < -0.3 is 14.8 Å². The average molecular weight is 251 g/mol. The molecule has 1 heterocycles. The van der Waals surface area contributed by atoms with E-state index < -0.39 is 5.54 Å². The van der Waals surface area contributed by atoms with Crippen molar-refractivity contribution in [1.82, 2.24) is 5.32 Å². The minimum Gasteiger partial charge on any atom is -0.466 e. The van der Waals surface area contributed by atoms with Gasteiger partial charge in [-0.2, -0.15) is 0 Å². The Bertz CT molecular complexity index is 430. The van der Waals surface area contributed by atoms with Crippen LogP contribution in [0.15, 0.2) is 10.5 Å². The molecule has 4 heteroatoms. The number of hydrogen-bond acceptors (Lipinski definition) is 3. The number of nitrogens with one attached hydrogen (secondary N) is 1. The van der Waals surface area contributed by atoms with Crippen LogP contribution >= 0.6 is 0 Å². The molecule has 1 fully saturated rings. The van der Waals surface area contributed by atoms with Crippen LogP contribution in [0.25, 0.3) is 0 Å². The third-order valence-corrected chi connectivity index (χ3v) is 3.78. The molecule has 2 rings (SSSR count). The zero-order valence-corrected chi connectivity index (χ0v) is 11.1. The summed E-state index contributed by atoms with van der Waals surface area (Å²) in [5.41, 5.74) is 0.137. The summed E-state index contributed by atoms with van der Waals surface area (Å²) in [7, 11) is 0. The predicted octanol–water partition coefficient (Wildman–Crippen LogP) is 2.32. The molecule has 0 spiro atoms. The van der Waals surface area contributed by atoms with Gasteiger partial charge >= 0.3 is 0 Å². The van der Waals surface area contributed by atoms with Gasteiger partial charge in [0.1, 0.15) is 11.5 Å². The van der Waals surface area contributed by atoms with Crippen LogP contribution in [0.4, 0.5) is 0 Å². The molecule has 0 radical (unpaired) electrons. The molecule has 100 valence electrons. The summed E-state index contributed by atoms with van der Waals surface area (Å²) in [5, 5.41) is 12.6. The van der Waals surface area contributed by atoms with Gasteiger partial charge in [0.15, 0.2) is 0 Å². The number of furan rings is 1. The molecule has 0 aromatic carbocycles. The highest BCUT2D eigenvalue weighted by Gasteiger charge is 2.33. The summed E-state index contributed by atoms with van der Waals surface area (Å²) in [6.07, 6.45) is 5.01. The van der Waals surface area contributed by atoms with Crippen LogP contribution < -0.4 is 5.32 Å². The molecule has 4 nitrogen and oxygen atoms in total. The van der Waals surface area contributed by atoms with E-state index in [1.54, 1.807) is 13.0 Å². The number of aryl methyl sites for hydroxylation is 2. The maximum absolute atomic E-state index is 12.2. The first kappa shape index (κ1) is 13.1. The Kier molecular flexibility index (Phi) is 3.76. The van der Waals surface area contributed by atoms with Crippen molar-refractivity contribution in [3.63, 3.8) is 0 Å². The number of carbonyl (C=O) groups is 1. The van der Waals surface area contributed by atoms with Gasteiger partial charge in [-0.15, -0.1) is 0 Å². The van der Waals surface area contributed by atoms with Crippen LogP contribution in [-0.2, 0) is 0 Å². The second-order valence-corrected chi connectivity index (χ2v) is 5.28. The molecule has 0 bridgehead atoms. The van der Waals surface area contributed by atoms with E-state index in [0.717, 1.165) is 31.4 Å².